The highest BCUT2D eigenvalue weighted by molar-refractivity contribution is 6.30. The van der Waals surface area contributed by atoms with E-state index in [4.69, 9.17) is 11.6 Å². The van der Waals surface area contributed by atoms with Crippen molar-refractivity contribution in [2.45, 2.75) is 25.4 Å². The number of rotatable bonds is 1. The minimum absolute atomic E-state index is 0.0168. The normalized spacial score (nSPS) is 19.1. The van der Waals surface area contributed by atoms with Crippen molar-refractivity contribution in [3.8, 4) is 0 Å². The van der Waals surface area contributed by atoms with Gasteiger partial charge in [0.25, 0.3) is 0 Å². The third-order valence-corrected chi connectivity index (χ3v) is 3.61. The molecule has 0 N–H and O–H groups in total. The summed E-state index contributed by atoms with van der Waals surface area (Å²) in [5, 5.41) is 0.610. The number of piperidine rings is 1. The molecule has 1 amide bonds. The molecule has 0 aliphatic carbocycles. The highest BCUT2D eigenvalue weighted by Gasteiger charge is 2.36. The number of carbonyl (C=O) groups excluding carboxylic acids is 1. The average Bonchev–Trinajstić information content (AvgIpc) is 2.30. The van der Waals surface area contributed by atoms with Crippen LogP contribution in [0.5, 0.6) is 0 Å². The summed E-state index contributed by atoms with van der Waals surface area (Å²) in [6.45, 7) is 2.48. The fourth-order valence-corrected chi connectivity index (χ4v) is 2.34. The van der Waals surface area contributed by atoms with Gasteiger partial charge >= 0.3 is 0 Å². The first-order valence-corrected chi connectivity index (χ1v) is 6.09. The number of amides is 1. The van der Waals surface area contributed by atoms with Crippen molar-refractivity contribution >= 4 is 17.5 Å². The third-order valence-electron chi connectivity index (χ3n) is 3.36. The van der Waals surface area contributed by atoms with E-state index in [9.17, 15) is 9.18 Å². The van der Waals surface area contributed by atoms with Gasteiger partial charge in [-0.2, -0.15) is 0 Å². The van der Waals surface area contributed by atoms with Crippen LogP contribution in [0.3, 0.4) is 0 Å². The maximum absolute atomic E-state index is 14.7. The molecule has 17 heavy (non-hydrogen) atoms. The summed E-state index contributed by atoms with van der Waals surface area (Å²) >= 11 is 5.79. The topological polar surface area (TPSA) is 20.3 Å². The van der Waals surface area contributed by atoms with Crippen molar-refractivity contribution in [2.75, 3.05) is 13.1 Å². The van der Waals surface area contributed by atoms with Gasteiger partial charge < -0.3 is 4.90 Å². The zero-order valence-electron chi connectivity index (χ0n) is 9.75. The SMILES string of the molecule is CC(=O)N1CCC(F)(c2ccc(Cl)cc2)CC1. The Morgan fingerprint density at radius 1 is 1.29 bits per heavy atom. The number of alkyl halides is 1. The molecule has 1 aromatic carbocycles. The number of benzene rings is 1. The minimum Gasteiger partial charge on any atom is -0.343 e. The van der Waals surface area contributed by atoms with Crippen LogP contribution in [0.15, 0.2) is 24.3 Å². The van der Waals surface area contributed by atoms with Crippen LogP contribution in [-0.2, 0) is 10.5 Å². The van der Waals surface area contributed by atoms with Crippen LogP contribution in [0.25, 0.3) is 0 Å². The highest BCUT2D eigenvalue weighted by atomic mass is 35.5. The fourth-order valence-electron chi connectivity index (χ4n) is 2.21. The van der Waals surface area contributed by atoms with E-state index >= 15 is 0 Å². The Labute approximate surface area is 105 Å². The van der Waals surface area contributed by atoms with Gasteiger partial charge in [-0.1, -0.05) is 23.7 Å². The maximum Gasteiger partial charge on any atom is 0.219 e. The molecule has 0 atom stereocenters. The summed E-state index contributed by atoms with van der Waals surface area (Å²) in [6, 6.07) is 6.86. The van der Waals surface area contributed by atoms with E-state index in [1.54, 1.807) is 29.2 Å². The van der Waals surface area contributed by atoms with E-state index in [-0.39, 0.29) is 5.91 Å². The van der Waals surface area contributed by atoms with Crippen molar-refractivity contribution in [1.82, 2.24) is 4.90 Å². The van der Waals surface area contributed by atoms with Crippen LogP contribution in [-0.4, -0.2) is 23.9 Å². The van der Waals surface area contributed by atoms with E-state index < -0.39 is 5.67 Å². The molecular formula is C13H15ClFNO. The van der Waals surface area contributed by atoms with Gasteiger partial charge in [0.2, 0.25) is 5.91 Å². The highest BCUT2D eigenvalue weighted by Crippen LogP contribution is 2.37. The molecule has 1 aliphatic rings. The van der Waals surface area contributed by atoms with Crippen molar-refractivity contribution in [3.63, 3.8) is 0 Å². The molecule has 92 valence electrons. The van der Waals surface area contributed by atoms with Gasteiger partial charge in [0.15, 0.2) is 0 Å². The minimum atomic E-state index is -1.32. The van der Waals surface area contributed by atoms with Crippen LogP contribution >= 0.6 is 11.6 Å². The van der Waals surface area contributed by atoms with Crippen molar-refractivity contribution in [1.29, 1.82) is 0 Å². The number of hydrogen-bond donors (Lipinski definition) is 0. The summed E-state index contributed by atoms with van der Waals surface area (Å²) in [7, 11) is 0. The summed E-state index contributed by atoms with van der Waals surface area (Å²) in [5.74, 6) is 0.0168. The van der Waals surface area contributed by atoms with Gasteiger partial charge in [0.05, 0.1) is 0 Å². The van der Waals surface area contributed by atoms with Gasteiger partial charge in [-0.3, -0.25) is 4.79 Å². The molecule has 0 unspecified atom stereocenters. The van der Waals surface area contributed by atoms with E-state index in [1.807, 2.05) is 0 Å². The molecule has 0 spiro atoms. The third kappa shape index (κ3) is 2.60. The number of likely N-dealkylation sites (tertiary alicyclic amines) is 1. The number of carbonyl (C=O) groups is 1. The summed E-state index contributed by atoms with van der Waals surface area (Å²) in [5.41, 5.74) is -0.665. The molecule has 0 bridgehead atoms. The predicted molar refractivity (Wildman–Crippen MR) is 65.7 cm³/mol. The second-order valence-corrected chi connectivity index (χ2v) is 4.91. The Bertz CT molecular complexity index is 410. The van der Waals surface area contributed by atoms with Gasteiger partial charge in [0.1, 0.15) is 5.67 Å². The molecule has 0 aromatic heterocycles. The molecule has 1 saturated heterocycles. The van der Waals surface area contributed by atoms with Gasteiger partial charge in [0, 0.05) is 37.9 Å². The van der Waals surface area contributed by atoms with E-state index in [1.165, 1.54) is 6.92 Å². The number of hydrogen-bond acceptors (Lipinski definition) is 1. The Kier molecular flexibility index (Phi) is 3.38. The Morgan fingerprint density at radius 2 is 1.82 bits per heavy atom. The zero-order chi connectivity index (χ0) is 12.5. The molecule has 0 radical (unpaired) electrons. The largest absolute Gasteiger partial charge is 0.343 e. The van der Waals surface area contributed by atoms with E-state index in [0.717, 1.165) is 0 Å². The first-order chi connectivity index (χ1) is 8.01. The van der Waals surface area contributed by atoms with Crippen molar-refractivity contribution in [2.24, 2.45) is 0 Å². The number of halogens is 2. The van der Waals surface area contributed by atoms with Crippen LogP contribution in [0.1, 0.15) is 25.3 Å². The van der Waals surface area contributed by atoms with E-state index in [0.29, 0.717) is 36.5 Å². The smallest absolute Gasteiger partial charge is 0.219 e. The fraction of sp³-hybridized carbons (Fsp3) is 0.462. The molecule has 4 heteroatoms. The lowest BCUT2D eigenvalue weighted by atomic mass is 9.86. The lowest BCUT2D eigenvalue weighted by Crippen LogP contribution is -2.42. The molecular weight excluding hydrogens is 241 g/mol. The summed E-state index contributed by atoms with van der Waals surface area (Å²) < 4.78 is 14.7. The Balaban J connectivity index is 2.11. The molecule has 2 nitrogen and oxygen atoms in total. The quantitative estimate of drug-likeness (QED) is 0.755. The standard InChI is InChI=1S/C13H15ClFNO/c1-10(17)16-8-6-13(15,7-9-16)11-2-4-12(14)5-3-11/h2-5H,6-9H2,1H3. The lowest BCUT2D eigenvalue weighted by molar-refractivity contribution is -0.131. The average molecular weight is 256 g/mol. The first-order valence-electron chi connectivity index (χ1n) is 5.72. The van der Waals surface area contributed by atoms with Gasteiger partial charge in [-0.25, -0.2) is 4.39 Å². The van der Waals surface area contributed by atoms with E-state index in [2.05, 4.69) is 0 Å². The predicted octanol–water partition coefficient (Wildman–Crippen LogP) is 3.15. The monoisotopic (exact) mass is 255 g/mol. The van der Waals surface area contributed by atoms with Crippen molar-refractivity contribution < 1.29 is 9.18 Å². The second-order valence-electron chi connectivity index (χ2n) is 4.48. The summed E-state index contributed by atoms with van der Waals surface area (Å²) in [6.07, 6.45) is 0.711. The van der Waals surface area contributed by atoms with Crippen LogP contribution in [0.4, 0.5) is 4.39 Å². The molecule has 0 saturated carbocycles. The Morgan fingerprint density at radius 3 is 2.29 bits per heavy atom. The Hall–Kier alpha value is -1.09. The number of nitrogens with zero attached hydrogens (tertiary/aromatic N) is 1. The summed E-state index contributed by atoms with van der Waals surface area (Å²) in [4.78, 5) is 12.9. The molecule has 1 fully saturated rings. The van der Waals surface area contributed by atoms with Crippen LogP contribution in [0, 0.1) is 0 Å². The van der Waals surface area contributed by atoms with Crippen LogP contribution in [0.2, 0.25) is 5.02 Å². The maximum atomic E-state index is 14.7. The molecule has 1 heterocycles. The first kappa shape index (κ1) is 12.4. The molecule has 1 aromatic rings. The van der Waals surface area contributed by atoms with Gasteiger partial charge in [-0.15, -0.1) is 0 Å². The van der Waals surface area contributed by atoms with Crippen molar-refractivity contribution in [3.05, 3.63) is 34.9 Å². The van der Waals surface area contributed by atoms with Crippen LogP contribution < -0.4 is 0 Å². The molecule has 1 aliphatic heterocycles. The van der Waals surface area contributed by atoms with Gasteiger partial charge in [-0.05, 0) is 17.7 Å². The lowest BCUT2D eigenvalue weighted by Gasteiger charge is -2.36. The zero-order valence-corrected chi connectivity index (χ0v) is 10.5. The second kappa shape index (κ2) is 4.65. The molecule has 2 rings (SSSR count).